The first-order chi connectivity index (χ1) is 11.2. The van der Waals surface area contributed by atoms with Crippen LogP contribution in [-0.4, -0.2) is 46.1 Å². The first kappa shape index (κ1) is 15.7. The Morgan fingerprint density at radius 2 is 2.43 bits per heavy atom. The molecule has 0 bridgehead atoms. The average molecular weight is 317 g/mol. The number of hydrogen-bond donors (Lipinski definition) is 2. The summed E-state index contributed by atoms with van der Waals surface area (Å²) in [4.78, 5) is 12.3. The van der Waals surface area contributed by atoms with Crippen molar-refractivity contribution in [2.45, 2.75) is 25.7 Å². The van der Waals surface area contributed by atoms with Gasteiger partial charge in [0.1, 0.15) is 0 Å². The molecule has 0 aromatic carbocycles. The summed E-state index contributed by atoms with van der Waals surface area (Å²) in [5.74, 6) is 0.142. The lowest BCUT2D eigenvalue weighted by Gasteiger charge is -2.21. The molecule has 124 valence electrons. The highest BCUT2D eigenvalue weighted by Gasteiger charge is 2.28. The molecular formula is C16H23N5O2. The standard InChI is InChI=1S/C16H23N5O2/c1-21-10-12(9-18-21)15-13-8-11(4-5-14(13)19-20-15)16(22)17-6-3-7-23-2/h9-11H,3-8H2,1-2H3,(H,17,22)(H,19,20)/t11-/m1/s1. The van der Waals surface area contributed by atoms with E-state index in [9.17, 15) is 4.79 Å². The summed E-state index contributed by atoms with van der Waals surface area (Å²) in [5.41, 5.74) is 4.21. The first-order valence-corrected chi connectivity index (χ1v) is 8.01. The highest BCUT2D eigenvalue weighted by molar-refractivity contribution is 5.80. The molecule has 0 unspecified atom stereocenters. The van der Waals surface area contributed by atoms with Gasteiger partial charge in [0.25, 0.3) is 0 Å². The van der Waals surface area contributed by atoms with Crippen molar-refractivity contribution in [3.8, 4) is 11.3 Å². The van der Waals surface area contributed by atoms with Crippen LogP contribution in [-0.2, 0) is 29.4 Å². The molecule has 0 fully saturated rings. The summed E-state index contributed by atoms with van der Waals surface area (Å²) in [6.45, 7) is 1.33. The number of rotatable bonds is 6. The summed E-state index contributed by atoms with van der Waals surface area (Å²) in [5, 5.41) is 14.8. The van der Waals surface area contributed by atoms with E-state index < -0.39 is 0 Å². The Balaban J connectivity index is 1.68. The minimum absolute atomic E-state index is 0.0121. The highest BCUT2D eigenvalue weighted by Crippen LogP contribution is 2.31. The minimum atomic E-state index is 0.0121. The van der Waals surface area contributed by atoms with Crippen LogP contribution in [0.2, 0.25) is 0 Å². The van der Waals surface area contributed by atoms with Gasteiger partial charge in [0.2, 0.25) is 5.91 Å². The Kier molecular flexibility index (Phi) is 4.76. The van der Waals surface area contributed by atoms with Gasteiger partial charge in [0.15, 0.2) is 0 Å². The average Bonchev–Trinajstić information content (AvgIpc) is 3.16. The molecule has 1 aliphatic carbocycles. The topological polar surface area (TPSA) is 84.8 Å². The van der Waals surface area contributed by atoms with Gasteiger partial charge in [-0.25, -0.2) is 0 Å². The van der Waals surface area contributed by atoms with Crippen LogP contribution in [0.4, 0.5) is 0 Å². The number of fused-ring (bicyclic) bond motifs is 1. The number of amides is 1. The van der Waals surface area contributed by atoms with Gasteiger partial charge in [0, 0.05) is 56.2 Å². The maximum atomic E-state index is 12.3. The largest absolute Gasteiger partial charge is 0.385 e. The van der Waals surface area contributed by atoms with Crippen LogP contribution < -0.4 is 5.32 Å². The van der Waals surface area contributed by atoms with Crippen molar-refractivity contribution in [1.29, 1.82) is 0 Å². The van der Waals surface area contributed by atoms with E-state index in [4.69, 9.17) is 4.74 Å². The Morgan fingerprint density at radius 3 is 3.17 bits per heavy atom. The van der Waals surface area contributed by atoms with E-state index in [0.717, 1.165) is 48.2 Å². The fourth-order valence-electron chi connectivity index (χ4n) is 3.07. The molecule has 3 rings (SSSR count). The number of aryl methyl sites for hydroxylation is 2. The van der Waals surface area contributed by atoms with Crippen molar-refractivity contribution >= 4 is 5.91 Å². The Labute approximate surface area is 135 Å². The van der Waals surface area contributed by atoms with Gasteiger partial charge in [0.05, 0.1) is 11.9 Å². The molecule has 0 aliphatic heterocycles. The van der Waals surface area contributed by atoms with Gasteiger partial charge >= 0.3 is 0 Å². The molecular weight excluding hydrogens is 294 g/mol. The van der Waals surface area contributed by atoms with Gasteiger partial charge < -0.3 is 10.1 Å². The van der Waals surface area contributed by atoms with Crippen LogP contribution in [0.25, 0.3) is 11.3 Å². The van der Waals surface area contributed by atoms with Crippen LogP contribution in [0.1, 0.15) is 24.1 Å². The van der Waals surface area contributed by atoms with E-state index in [1.54, 1.807) is 11.8 Å². The van der Waals surface area contributed by atoms with Gasteiger partial charge in [-0.05, 0) is 25.7 Å². The van der Waals surface area contributed by atoms with Gasteiger partial charge in [-0.2, -0.15) is 10.2 Å². The van der Waals surface area contributed by atoms with Crippen molar-refractivity contribution < 1.29 is 9.53 Å². The fourth-order valence-corrected chi connectivity index (χ4v) is 3.07. The predicted molar refractivity (Wildman–Crippen MR) is 85.8 cm³/mol. The van der Waals surface area contributed by atoms with Crippen LogP contribution in [0.5, 0.6) is 0 Å². The van der Waals surface area contributed by atoms with Crippen molar-refractivity contribution in [2.24, 2.45) is 13.0 Å². The van der Waals surface area contributed by atoms with E-state index in [0.29, 0.717) is 13.2 Å². The molecule has 1 amide bonds. The van der Waals surface area contributed by atoms with Gasteiger partial charge in [-0.3, -0.25) is 14.6 Å². The number of nitrogens with zero attached hydrogens (tertiary/aromatic N) is 3. The third kappa shape index (κ3) is 3.44. The highest BCUT2D eigenvalue weighted by atomic mass is 16.5. The molecule has 23 heavy (non-hydrogen) atoms. The SMILES string of the molecule is COCCCNC(=O)[C@@H]1CCc2[nH]nc(-c3cnn(C)c3)c2C1. The monoisotopic (exact) mass is 317 g/mol. The molecule has 2 heterocycles. The van der Waals surface area contributed by atoms with E-state index >= 15 is 0 Å². The minimum Gasteiger partial charge on any atom is -0.385 e. The maximum absolute atomic E-state index is 12.3. The van der Waals surface area contributed by atoms with Crippen LogP contribution in [0.15, 0.2) is 12.4 Å². The Hall–Kier alpha value is -2.15. The predicted octanol–water partition coefficient (Wildman–Crippen LogP) is 1.07. The molecule has 0 radical (unpaired) electrons. The zero-order chi connectivity index (χ0) is 16.2. The summed E-state index contributed by atoms with van der Waals surface area (Å²) < 4.78 is 6.76. The van der Waals surface area contributed by atoms with Crippen molar-refractivity contribution in [1.82, 2.24) is 25.3 Å². The van der Waals surface area contributed by atoms with Gasteiger partial charge in [-0.1, -0.05) is 0 Å². The zero-order valence-electron chi connectivity index (χ0n) is 13.6. The summed E-state index contributed by atoms with van der Waals surface area (Å²) in [6, 6.07) is 0. The van der Waals surface area contributed by atoms with Crippen LogP contribution >= 0.6 is 0 Å². The second-order valence-corrected chi connectivity index (χ2v) is 6.01. The fraction of sp³-hybridized carbons (Fsp3) is 0.562. The van der Waals surface area contributed by atoms with Crippen molar-refractivity contribution in [3.05, 3.63) is 23.7 Å². The van der Waals surface area contributed by atoms with E-state index in [2.05, 4.69) is 20.6 Å². The van der Waals surface area contributed by atoms with Crippen molar-refractivity contribution in [2.75, 3.05) is 20.3 Å². The number of hydrogen-bond acceptors (Lipinski definition) is 4. The molecule has 0 saturated carbocycles. The molecule has 2 aromatic rings. The van der Waals surface area contributed by atoms with Crippen LogP contribution in [0, 0.1) is 5.92 Å². The van der Waals surface area contributed by atoms with E-state index in [1.807, 2.05) is 19.4 Å². The number of H-pyrrole nitrogens is 1. The Bertz CT molecular complexity index is 676. The lowest BCUT2D eigenvalue weighted by atomic mass is 9.85. The second-order valence-electron chi connectivity index (χ2n) is 6.01. The number of ether oxygens (including phenoxy) is 1. The number of methoxy groups -OCH3 is 1. The number of carbonyl (C=O) groups excluding carboxylic acids is 1. The number of aromatic nitrogens is 4. The molecule has 7 nitrogen and oxygen atoms in total. The summed E-state index contributed by atoms with van der Waals surface area (Å²) in [6.07, 6.45) is 7.05. The summed E-state index contributed by atoms with van der Waals surface area (Å²) >= 11 is 0. The number of nitrogens with one attached hydrogen (secondary N) is 2. The molecule has 2 aromatic heterocycles. The maximum Gasteiger partial charge on any atom is 0.223 e. The number of carbonyl (C=O) groups is 1. The van der Waals surface area contributed by atoms with Crippen molar-refractivity contribution in [3.63, 3.8) is 0 Å². The lowest BCUT2D eigenvalue weighted by Crippen LogP contribution is -2.34. The molecule has 2 N–H and O–H groups in total. The smallest absolute Gasteiger partial charge is 0.223 e. The Morgan fingerprint density at radius 1 is 1.57 bits per heavy atom. The quantitative estimate of drug-likeness (QED) is 0.781. The zero-order valence-corrected chi connectivity index (χ0v) is 13.6. The molecule has 0 spiro atoms. The lowest BCUT2D eigenvalue weighted by molar-refractivity contribution is -0.125. The third-order valence-electron chi connectivity index (χ3n) is 4.32. The van der Waals surface area contributed by atoms with Gasteiger partial charge in [-0.15, -0.1) is 0 Å². The number of aromatic amines is 1. The molecule has 1 aliphatic rings. The first-order valence-electron chi connectivity index (χ1n) is 8.01. The normalized spacial score (nSPS) is 17.0. The van der Waals surface area contributed by atoms with E-state index in [-0.39, 0.29) is 11.8 Å². The van der Waals surface area contributed by atoms with Crippen LogP contribution in [0.3, 0.4) is 0 Å². The van der Waals surface area contributed by atoms with E-state index in [1.165, 1.54) is 0 Å². The molecule has 0 saturated heterocycles. The molecule has 1 atom stereocenters. The third-order valence-corrected chi connectivity index (χ3v) is 4.32. The molecule has 7 heteroatoms. The summed E-state index contributed by atoms with van der Waals surface area (Å²) in [7, 11) is 3.56. The second kappa shape index (κ2) is 6.95.